The summed E-state index contributed by atoms with van der Waals surface area (Å²) in [5.74, 6) is -0.995. The number of amides is 3. The van der Waals surface area contributed by atoms with Crippen LogP contribution in [0.5, 0.6) is 0 Å². The first-order valence-electron chi connectivity index (χ1n) is 12.3. The molecule has 0 atom stereocenters. The number of hydrogen-bond donors (Lipinski definition) is 0. The zero-order valence-electron chi connectivity index (χ0n) is 20.9. The molecule has 198 valence electrons. The number of anilines is 1. The van der Waals surface area contributed by atoms with E-state index in [1.54, 1.807) is 25.7 Å². The first kappa shape index (κ1) is 26.1. The van der Waals surface area contributed by atoms with Crippen molar-refractivity contribution in [3.05, 3.63) is 30.3 Å². The minimum absolute atomic E-state index is 0.0888. The Kier molecular flexibility index (Phi) is 6.87. The van der Waals surface area contributed by atoms with Crippen molar-refractivity contribution in [1.82, 2.24) is 14.7 Å². The van der Waals surface area contributed by atoms with E-state index in [1.807, 2.05) is 35.2 Å². The van der Waals surface area contributed by atoms with E-state index in [2.05, 4.69) is 0 Å². The number of nitrogens with zero attached hydrogens (tertiary/aromatic N) is 4. The number of likely N-dealkylation sites (tertiary alicyclic amines) is 1. The summed E-state index contributed by atoms with van der Waals surface area (Å²) in [7, 11) is 0. The van der Waals surface area contributed by atoms with Gasteiger partial charge in [0.05, 0.1) is 6.67 Å². The first-order chi connectivity index (χ1) is 16.8. The Bertz CT molecular complexity index is 983. The molecule has 0 aromatic heterocycles. The van der Waals surface area contributed by atoms with Crippen LogP contribution in [0.15, 0.2) is 30.3 Å². The fourth-order valence-corrected chi connectivity index (χ4v) is 4.96. The molecular weight excluding hydrogens is 477 g/mol. The maximum absolute atomic E-state index is 13.8. The van der Waals surface area contributed by atoms with E-state index in [-0.39, 0.29) is 25.7 Å². The van der Waals surface area contributed by atoms with Crippen molar-refractivity contribution in [3.63, 3.8) is 0 Å². The lowest BCUT2D eigenvalue weighted by Crippen LogP contribution is -2.58. The number of rotatable bonds is 5. The van der Waals surface area contributed by atoms with E-state index in [0.29, 0.717) is 25.7 Å². The Labute approximate surface area is 208 Å². The van der Waals surface area contributed by atoms with Crippen LogP contribution in [0.1, 0.15) is 46.5 Å². The largest absolute Gasteiger partial charge is 0.444 e. The summed E-state index contributed by atoms with van der Waals surface area (Å²) < 4.78 is 44.8. The maximum Gasteiger partial charge on any atom is 0.410 e. The van der Waals surface area contributed by atoms with E-state index in [4.69, 9.17) is 4.74 Å². The first-order valence-corrected chi connectivity index (χ1v) is 12.3. The van der Waals surface area contributed by atoms with Crippen LogP contribution >= 0.6 is 0 Å². The normalized spacial score (nSPS) is 20.2. The summed E-state index contributed by atoms with van der Waals surface area (Å²) in [6.07, 6.45) is -3.24. The molecule has 8 nitrogen and oxygen atoms in total. The number of hydrogen-bond acceptors (Lipinski definition) is 5. The summed E-state index contributed by atoms with van der Waals surface area (Å²) in [6, 6.07) is 8.84. The Balaban J connectivity index is 1.53. The van der Waals surface area contributed by atoms with Crippen molar-refractivity contribution in [2.24, 2.45) is 0 Å². The van der Waals surface area contributed by atoms with E-state index < -0.39 is 48.4 Å². The molecule has 36 heavy (non-hydrogen) atoms. The SMILES string of the molecule is CC(C)(C)OC(=O)N1CCC2(CC1)C(=O)N(CC(=O)N(CC(F)(F)F)C1CC1)CN2c1ccccc1. The minimum Gasteiger partial charge on any atom is -0.444 e. The van der Waals surface area contributed by atoms with Crippen molar-refractivity contribution in [3.8, 4) is 0 Å². The van der Waals surface area contributed by atoms with Gasteiger partial charge < -0.3 is 24.3 Å². The lowest BCUT2D eigenvalue weighted by molar-refractivity contribution is -0.163. The number of alkyl halides is 3. The van der Waals surface area contributed by atoms with Crippen LogP contribution in [-0.2, 0) is 14.3 Å². The Hall–Kier alpha value is -2.98. The summed E-state index contributed by atoms with van der Waals surface area (Å²) in [5, 5.41) is 0. The van der Waals surface area contributed by atoms with Crippen LogP contribution in [0.25, 0.3) is 0 Å². The van der Waals surface area contributed by atoms with Crippen LogP contribution in [-0.4, -0.2) is 88.8 Å². The number of ether oxygens (including phenoxy) is 1. The van der Waals surface area contributed by atoms with Crippen molar-refractivity contribution >= 4 is 23.6 Å². The summed E-state index contributed by atoms with van der Waals surface area (Å²) >= 11 is 0. The fourth-order valence-electron chi connectivity index (χ4n) is 4.96. The zero-order valence-corrected chi connectivity index (χ0v) is 20.9. The number of carbonyl (C=O) groups excluding carboxylic acids is 3. The second kappa shape index (κ2) is 9.48. The van der Waals surface area contributed by atoms with Crippen molar-refractivity contribution in [1.29, 1.82) is 0 Å². The highest BCUT2D eigenvalue weighted by Crippen LogP contribution is 2.40. The van der Waals surface area contributed by atoms with Gasteiger partial charge in [0, 0.05) is 24.8 Å². The van der Waals surface area contributed by atoms with Gasteiger partial charge in [0.2, 0.25) is 5.91 Å². The Morgan fingerprint density at radius 3 is 2.22 bits per heavy atom. The molecule has 1 saturated carbocycles. The molecule has 2 aliphatic heterocycles. The molecule has 2 heterocycles. The van der Waals surface area contributed by atoms with Gasteiger partial charge in [-0.15, -0.1) is 0 Å². The molecule has 4 rings (SSSR count). The number of benzene rings is 1. The van der Waals surface area contributed by atoms with Crippen LogP contribution < -0.4 is 4.90 Å². The number of halogens is 3. The second-order valence-corrected chi connectivity index (χ2v) is 10.8. The highest BCUT2D eigenvalue weighted by molar-refractivity contribution is 5.96. The quantitative estimate of drug-likeness (QED) is 0.605. The number of piperidine rings is 1. The molecule has 0 radical (unpaired) electrons. The minimum atomic E-state index is -4.50. The molecule has 1 aromatic rings. The molecule has 3 amide bonds. The van der Waals surface area contributed by atoms with Gasteiger partial charge in [-0.05, 0) is 58.6 Å². The van der Waals surface area contributed by atoms with Gasteiger partial charge in [-0.3, -0.25) is 9.59 Å². The standard InChI is InChI=1S/C25H33F3N4O4/c1-23(2,3)36-22(35)29-13-11-24(12-14-29)21(34)30(17-32(24)19-7-5-4-6-8-19)15-20(33)31(18-9-10-18)16-25(26,27)28/h4-8,18H,9-17H2,1-3H3. The Morgan fingerprint density at radius 2 is 1.69 bits per heavy atom. The van der Waals surface area contributed by atoms with Gasteiger partial charge in [0.15, 0.2) is 0 Å². The third-order valence-corrected chi connectivity index (χ3v) is 6.81. The zero-order chi connectivity index (χ0) is 26.3. The van der Waals surface area contributed by atoms with E-state index >= 15 is 0 Å². The molecule has 0 bridgehead atoms. The average molecular weight is 511 g/mol. The molecule has 1 aliphatic carbocycles. The van der Waals surface area contributed by atoms with E-state index in [1.165, 1.54) is 4.90 Å². The summed E-state index contributed by atoms with van der Waals surface area (Å²) in [5.41, 5.74) is -0.859. The topological polar surface area (TPSA) is 73.4 Å². The second-order valence-electron chi connectivity index (χ2n) is 10.8. The number of para-hydroxylation sites is 1. The lowest BCUT2D eigenvalue weighted by atomic mass is 9.85. The molecule has 3 fully saturated rings. The van der Waals surface area contributed by atoms with Crippen molar-refractivity contribution in [2.45, 2.75) is 69.8 Å². The van der Waals surface area contributed by atoms with Gasteiger partial charge in [-0.2, -0.15) is 13.2 Å². The third kappa shape index (κ3) is 5.70. The maximum atomic E-state index is 13.8. The van der Waals surface area contributed by atoms with Gasteiger partial charge >= 0.3 is 12.3 Å². The van der Waals surface area contributed by atoms with Crippen LogP contribution in [0.4, 0.5) is 23.7 Å². The third-order valence-electron chi connectivity index (χ3n) is 6.81. The summed E-state index contributed by atoms with van der Waals surface area (Å²) in [6.45, 7) is 4.29. The van der Waals surface area contributed by atoms with Gasteiger partial charge in [-0.25, -0.2) is 4.79 Å². The molecule has 1 aromatic carbocycles. The molecule has 3 aliphatic rings. The Morgan fingerprint density at radius 1 is 1.08 bits per heavy atom. The van der Waals surface area contributed by atoms with Crippen molar-refractivity contribution in [2.75, 3.05) is 37.7 Å². The van der Waals surface area contributed by atoms with Crippen molar-refractivity contribution < 1.29 is 32.3 Å². The molecule has 11 heteroatoms. The number of carbonyl (C=O) groups is 3. The van der Waals surface area contributed by atoms with Gasteiger partial charge in [-0.1, -0.05) is 18.2 Å². The predicted octanol–water partition coefficient (Wildman–Crippen LogP) is 3.62. The molecule has 0 unspecified atom stereocenters. The average Bonchev–Trinajstić information content (AvgIpc) is 3.60. The highest BCUT2D eigenvalue weighted by Gasteiger charge is 2.55. The van der Waals surface area contributed by atoms with Gasteiger partial charge in [0.1, 0.15) is 24.2 Å². The predicted molar refractivity (Wildman–Crippen MR) is 126 cm³/mol. The summed E-state index contributed by atoms with van der Waals surface area (Å²) in [4.78, 5) is 45.0. The molecular formula is C25H33F3N4O4. The lowest BCUT2D eigenvalue weighted by Gasteiger charge is -2.43. The van der Waals surface area contributed by atoms with Gasteiger partial charge in [0.25, 0.3) is 5.91 Å². The van der Waals surface area contributed by atoms with Crippen LogP contribution in [0.3, 0.4) is 0 Å². The van der Waals surface area contributed by atoms with Crippen LogP contribution in [0.2, 0.25) is 0 Å². The van der Waals surface area contributed by atoms with E-state index in [0.717, 1.165) is 10.6 Å². The smallest absolute Gasteiger partial charge is 0.410 e. The molecule has 0 N–H and O–H groups in total. The fraction of sp³-hybridized carbons (Fsp3) is 0.640. The highest BCUT2D eigenvalue weighted by atomic mass is 19.4. The molecule has 1 spiro atoms. The monoisotopic (exact) mass is 510 g/mol. The van der Waals surface area contributed by atoms with Crippen LogP contribution in [0, 0.1) is 0 Å². The molecule has 2 saturated heterocycles. The van der Waals surface area contributed by atoms with E-state index in [9.17, 15) is 27.6 Å².